The van der Waals surface area contributed by atoms with Crippen LogP contribution in [0.5, 0.6) is 0 Å². The minimum atomic E-state index is -1.81. The Morgan fingerprint density at radius 1 is 0.563 bits per heavy atom. The summed E-state index contributed by atoms with van der Waals surface area (Å²) in [5.41, 5.74) is 20.8. The summed E-state index contributed by atoms with van der Waals surface area (Å²) in [7, 11) is 3.95. The number of hydrogen-bond donors (Lipinski definition) is 18. The van der Waals surface area contributed by atoms with Crippen molar-refractivity contribution in [2.45, 2.75) is 204 Å². The number of Topliss-reactive ketones (excluding diaryl/α,β-unsaturated/α-hetero) is 2. The normalized spacial score (nSPS) is 23.2. The van der Waals surface area contributed by atoms with Crippen molar-refractivity contribution < 1.29 is 86.6 Å². The van der Waals surface area contributed by atoms with Crippen molar-refractivity contribution >= 4 is 140 Å². The lowest BCUT2D eigenvalue weighted by Gasteiger charge is -2.32. The van der Waals surface area contributed by atoms with Gasteiger partial charge in [0.2, 0.25) is 88.6 Å². The van der Waals surface area contributed by atoms with Crippen molar-refractivity contribution in [2.24, 2.45) is 35.0 Å². The van der Waals surface area contributed by atoms with Gasteiger partial charge in [0, 0.05) is 130 Å². The summed E-state index contributed by atoms with van der Waals surface area (Å²) in [6.07, 6.45) is 4.13. The zero-order chi connectivity index (χ0) is 97.4. The van der Waals surface area contributed by atoms with E-state index in [-0.39, 0.29) is 97.1 Å². The number of likely N-dealkylation sites (N-methyl/N-ethyl adjacent to an activating group) is 3. The molecule has 5 heterocycles. The van der Waals surface area contributed by atoms with Crippen LogP contribution in [-0.2, 0) is 114 Å². The molecular weight excluding hydrogens is 1760 g/mol. The highest BCUT2D eigenvalue weighted by Gasteiger charge is 2.44. The molecule has 0 spiro atoms. The first-order valence-electron chi connectivity index (χ1n) is 44.8. The van der Waals surface area contributed by atoms with Gasteiger partial charge in [0.25, 0.3) is 0 Å². The van der Waals surface area contributed by atoms with E-state index >= 15 is 24.0 Å². The van der Waals surface area contributed by atoms with Crippen molar-refractivity contribution in [1.82, 2.24) is 92.7 Å². The number of nitrogens with two attached hydrogens (primary N) is 3. The zero-order valence-corrected chi connectivity index (χ0v) is 77.1. The minimum absolute atomic E-state index is 0. The van der Waals surface area contributed by atoms with Crippen molar-refractivity contribution in [3.63, 3.8) is 0 Å². The Kier molecular flexibility index (Phi) is 41.0. The molecule has 3 aromatic heterocycles. The number of thioether (sulfide) groups is 1. The fourth-order valence-corrected chi connectivity index (χ4v) is 17.3. The van der Waals surface area contributed by atoms with Gasteiger partial charge in [-0.25, -0.2) is 4.98 Å². The van der Waals surface area contributed by atoms with Crippen molar-refractivity contribution in [3.05, 3.63) is 162 Å². The number of nitrogens with zero attached hydrogens (tertiary/aromatic N) is 5. The largest absolute Gasteiger partial charge is 0.394 e. The van der Waals surface area contributed by atoms with E-state index in [4.69, 9.17) is 22.6 Å². The van der Waals surface area contributed by atoms with Gasteiger partial charge in [-0.3, -0.25) is 86.9 Å². The molecule has 41 heteroatoms. The van der Waals surface area contributed by atoms with Gasteiger partial charge >= 0.3 is 0 Å². The van der Waals surface area contributed by atoms with E-state index < -0.39 is 235 Å². The smallest absolute Gasteiger partial charge is 0.246 e. The van der Waals surface area contributed by atoms with Crippen LogP contribution < -0.4 is 70.4 Å². The standard InChI is InChI=1S/C93H124N22O18S.CH4/c1-8-9-31-75-87(128)105-67(30-20-33-99-93(96)97)84(125)111-74(83(124)102-47-79(95)120)50-134-51-80(121)104-71(37-56-24-14-11-15-25-56)91(132)113(6)54(4)81(122)108-72(43-78(94)119)92(133)115-34-21-32-76(115)88(129)107-69(42-61-46-98-52-103-61)85(126)109-70(35-53(2)3)90(131)112(5)48-62(117)39-57(38-59-44-100-65-28-18-16-26-63(59)65)82(123)110-73(49-116)86(127)106-68(40-60-45-101-66-29-19-17-27-64(60)66)77(118)41-58(89(130)114(75)7)36-55-22-12-10-13-23-55;/h10-19,22-29,44-46,52-54,57-58,67-76,100-101,116H,8-9,20-21,30-43,47-51H2,1-7H3,(H2,94,119)(H2,95,120)(H,98,103)(H,102,124)(H,104,121)(H,105,128)(H,106,127)(H,107,129)(H,108,122)(H,109,126)(H,110,123)(H,111,125)(H4,96,97,99);1H4/t54-,57+,58+,67-,68-,69-,70-,71-,72-,73-,74-,75-,76-;/m0./s1. The lowest BCUT2D eigenvalue weighted by atomic mass is 9.88. The number of guanidine groups is 1. The first kappa shape index (κ1) is 106. The highest BCUT2D eigenvalue weighted by molar-refractivity contribution is 8.00. The molecule has 15 amide bonds. The van der Waals surface area contributed by atoms with Crippen LogP contribution in [0.2, 0.25) is 0 Å². The summed E-state index contributed by atoms with van der Waals surface area (Å²) in [5.74, 6) is -19.1. The second-order valence-electron chi connectivity index (χ2n) is 34.4. The van der Waals surface area contributed by atoms with Gasteiger partial charge in [-0.05, 0) is 98.6 Å². The van der Waals surface area contributed by atoms with E-state index in [1.54, 1.807) is 135 Å². The number of carbonyl (C=O) groups excluding carboxylic acids is 17. The van der Waals surface area contributed by atoms with Crippen molar-refractivity contribution in [2.75, 3.05) is 65.4 Å². The second kappa shape index (κ2) is 52.0. The number of primary amides is 2. The van der Waals surface area contributed by atoms with Crippen LogP contribution in [0.15, 0.2) is 134 Å². The van der Waals surface area contributed by atoms with Gasteiger partial charge < -0.3 is 110 Å². The van der Waals surface area contributed by atoms with Crippen molar-refractivity contribution in [3.8, 4) is 0 Å². The van der Waals surface area contributed by atoms with Gasteiger partial charge in [0.15, 0.2) is 17.5 Å². The summed E-state index contributed by atoms with van der Waals surface area (Å²) >= 11 is 0.796. The zero-order valence-electron chi connectivity index (χ0n) is 76.3. The Morgan fingerprint density at radius 2 is 1.15 bits per heavy atom. The lowest BCUT2D eigenvalue weighted by molar-refractivity contribution is -0.145. The maximum absolute atomic E-state index is 15.7. The summed E-state index contributed by atoms with van der Waals surface area (Å²) in [4.78, 5) is 267. The highest BCUT2D eigenvalue weighted by atomic mass is 32.2. The molecule has 0 bridgehead atoms. The maximum Gasteiger partial charge on any atom is 0.246 e. The molecule has 9 rings (SSSR count). The number of aromatic nitrogens is 4. The average molecular weight is 1890 g/mol. The molecule has 13 atom stereocenters. The van der Waals surface area contributed by atoms with Crippen LogP contribution in [0.4, 0.5) is 0 Å². The number of hydrogen-bond acceptors (Lipinski definition) is 21. The highest BCUT2D eigenvalue weighted by Crippen LogP contribution is 2.28. The van der Waals surface area contributed by atoms with Crippen LogP contribution in [-0.4, -0.2) is 283 Å². The number of nitrogens with one attached hydrogen (secondary N) is 14. The van der Waals surface area contributed by atoms with Crippen molar-refractivity contribution in [1.29, 1.82) is 5.41 Å². The molecule has 40 nitrogen and oxygen atoms in total. The van der Waals surface area contributed by atoms with E-state index in [0.717, 1.165) is 26.5 Å². The lowest BCUT2D eigenvalue weighted by Crippen LogP contribution is -2.60. The Hall–Kier alpha value is -13.9. The van der Waals surface area contributed by atoms with Crippen LogP contribution in [0.25, 0.3) is 21.8 Å². The summed E-state index contributed by atoms with van der Waals surface area (Å²) in [6.45, 7) is 4.25. The fraction of sp³-hybridized carbons (Fsp3) is 0.479. The first-order valence-corrected chi connectivity index (χ1v) is 46.0. The van der Waals surface area contributed by atoms with Crippen LogP contribution in [0.3, 0.4) is 0 Å². The molecule has 728 valence electrons. The van der Waals surface area contributed by atoms with E-state index in [2.05, 4.69) is 73.1 Å². The van der Waals surface area contributed by atoms with Gasteiger partial charge in [0.1, 0.15) is 60.4 Å². The summed E-state index contributed by atoms with van der Waals surface area (Å²) < 4.78 is 0. The molecule has 0 saturated carbocycles. The number of fused-ring (bicyclic) bond motifs is 3. The van der Waals surface area contributed by atoms with Crippen LogP contribution in [0.1, 0.15) is 134 Å². The SMILES string of the molecule is C.CCCC[C@H]1C(=O)N[C@@H](CCCNC(=N)N)C(=O)N[C@H](C(=O)NCC(N)=O)CSCC(=O)N[C@@H](Cc2ccccc2)C(=O)N(C)[C@@H](C)C(=O)N[C@@H](CC(N)=O)C(=O)N2CCC[C@H]2C(=O)N[C@@H](Cc2cnc[nH]2)C(=O)N[C@@H](CC(C)C)C(=O)N(C)CC(=O)C[C@@H](Cc2c[nH]c3ccccc23)C(=O)N[C@@H](CO)C(=O)N[C@@H](Cc2c[nH]c3ccccc23)C(=O)C[C@@H](Cc2ccccc2)C(=O)N1C. The van der Waals surface area contributed by atoms with Gasteiger partial charge in [-0.2, -0.15) is 0 Å². The minimum Gasteiger partial charge on any atom is -0.394 e. The number of aliphatic hydroxyl groups is 1. The molecule has 0 unspecified atom stereocenters. The number of aromatic amines is 3. The van der Waals surface area contributed by atoms with Gasteiger partial charge in [-0.1, -0.05) is 138 Å². The summed E-state index contributed by atoms with van der Waals surface area (Å²) in [6, 6.07) is 14.8. The number of ketones is 2. The fourth-order valence-electron chi connectivity index (χ4n) is 16.4. The second-order valence-corrected chi connectivity index (χ2v) is 35.5. The molecule has 4 aromatic carbocycles. The average Bonchev–Trinajstić information content (AvgIpc) is 1.80. The quantitative estimate of drug-likeness (QED) is 0.0209. The number of rotatable bonds is 25. The number of para-hydroxylation sites is 2. The van der Waals surface area contributed by atoms with E-state index in [1.807, 2.05) is 6.92 Å². The molecule has 2 aliphatic rings. The van der Waals surface area contributed by atoms with Crippen LogP contribution >= 0.6 is 11.8 Å². The number of imidazole rings is 1. The van der Waals surface area contributed by atoms with Gasteiger partial charge in [-0.15, -0.1) is 11.8 Å². The molecule has 7 aromatic rings. The Bertz CT molecular complexity index is 5310. The number of benzene rings is 4. The molecule has 0 aliphatic carbocycles. The third kappa shape index (κ3) is 31.4. The summed E-state index contributed by atoms with van der Waals surface area (Å²) in [5, 5.41) is 47.0. The number of unbranched alkanes of at least 4 members (excludes halogenated alkanes) is 1. The monoisotopic (exact) mass is 1880 g/mol. The van der Waals surface area contributed by atoms with E-state index in [1.165, 1.54) is 45.5 Å². The first-order chi connectivity index (χ1) is 64.0. The molecule has 2 saturated heterocycles. The molecule has 2 aliphatic heterocycles. The number of carbonyl (C=O) groups is 17. The molecular formula is C94H128N22O18S. The Morgan fingerprint density at radius 3 is 1.76 bits per heavy atom. The topological polar surface area (TPSA) is 606 Å². The predicted molar refractivity (Wildman–Crippen MR) is 505 cm³/mol. The number of H-pyrrole nitrogens is 3. The molecule has 0 radical (unpaired) electrons. The number of amides is 15. The Labute approximate surface area is 787 Å². The van der Waals surface area contributed by atoms with Gasteiger partial charge in [0.05, 0.1) is 44.2 Å². The molecule has 21 N–H and O–H groups in total. The maximum atomic E-state index is 15.7. The molecule has 135 heavy (non-hydrogen) atoms. The van der Waals surface area contributed by atoms with E-state index in [9.17, 15) is 62.6 Å². The third-order valence-corrected chi connectivity index (χ3v) is 24.7. The third-order valence-electron chi connectivity index (χ3n) is 23.7. The predicted octanol–water partition coefficient (Wildman–Crippen LogP) is 0.390. The van der Waals surface area contributed by atoms with E-state index in [0.29, 0.717) is 62.6 Å². The molecule has 2 fully saturated rings. The number of aliphatic hydroxyl groups excluding tert-OH is 1. The van der Waals surface area contributed by atoms with Crippen LogP contribution in [0, 0.1) is 23.2 Å². The Balaban J connectivity index is 0.0000224.